The van der Waals surface area contributed by atoms with E-state index in [4.69, 9.17) is 9.47 Å². The number of unbranched alkanes of at least 4 members (excludes halogenated alkanes) is 1. The Balaban J connectivity index is 1.91. The number of benzene rings is 1. The van der Waals surface area contributed by atoms with E-state index in [9.17, 15) is 5.26 Å². The standard InChI is InChI=1S/C21H26N4O2/c1-3-4-12-27-19-14-16(9-10-18(19)26-2)13-17(15-22)21-24-23-20-8-6-5-7-11-25(20)21/h9-10,13-14H,3-8,11-12H2,1-2H3/b17-13+. The van der Waals surface area contributed by atoms with Crippen LogP contribution in [0.4, 0.5) is 0 Å². The SMILES string of the molecule is CCCCOc1cc(/C=C(\C#N)c2nnc3n2CCCCC3)ccc1OC. The average molecular weight is 366 g/mol. The van der Waals surface area contributed by atoms with Crippen molar-refractivity contribution in [1.82, 2.24) is 14.8 Å². The maximum absolute atomic E-state index is 9.72. The van der Waals surface area contributed by atoms with Gasteiger partial charge in [-0.2, -0.15) is 5.26 Å². The van der Waals surface area contributed by atoms with E-state index in [0.717, 1.165) is 50.0 Å². The summed E-state index contributed by atoms with van der Waals surface area (Å²) >= 11 is 0. The van der Waals surface area contributed by atoms with Gasteiger partial charge in [-0.15, -0.1) is 10.2 Å². The molecule has 0 aliphatic carbocycles. The van der Waals surface area contributed by atoms with Gasteiger partial charge in [-0.25, -0.2) is 0 Å². The van der Waals surface area contributed by atoms with E-state index in [1.807, 2.05) is 24.3 Å². The summed E-state index contributed by atoms with van der Waals surface area (Å²) in [6.45, 7) is 3.63. The number of methoxy groups -OCH3 is 1. The Morgan fingerprint density at radius 3 is 2.93 bits per heavy atom. The molecule has 27 heavy (non-hydrogen) atoms. The van der Waals surface area contributed by atoms with Gasteiger partial charge in [0.15, 0.2) is 17.3 Å². The van der Waals surface area contributed by atoms with Crippen molar-refractivity contribution >= 4 is 11.6 Å². The van der Waals surface area contributed by atoms with Crippen molar-refractivity contribution in [3.8, 4) is 17.6 Å². The van der Waals surface area contributed by atoms with E-state index in [0.29, 0.717) is 29.5 Å². The summed E-state index contributed by atoms with van der Waals surface area (Å²) in [6, 6.07) is 7.98. The number of fused-ring (bicyclic) bond motifs is 1. The number of hydrogen-bond acceptors (Lipinski definition) is 5. The van der Waals surface area contributed by atoms with Crippen molar-refractivity contribution in [2.45, 2.75) is 52.0 Å². The quantitative estimate of drug-likeness (QED) is 0.541. The largest absolute Gasteiger partial charge is 0.493 e. The van der Waals surface area contributed by atoms with Gasteiger partial charge in [-0.1, -0.05) is 25.8 Å². The number of allylic oxidation sites excluding steroid dienone is 1. The zero-order valence-electron chi connectivity index (χ0n) is 16.1. The zero-order valence-corrected chi connectivity index (χ0v) is 16.1. The summed E-state index contributed by atoms with van der Waals surface area (Å²) in [7, 11) is 1.63. The van der Waals surface area contributed by atoms with E-state index < -0.39 is 0 Å². The molecule has 0 amide bonds. The zero-order chi connectivity index (χ0) is 19.1. The molecular weight excluding hydrogens is 340 g/mol. The fourth-order valence-electron chi connectivity index (χ4n) is 3.22. The third-order valence-electron chi connectivity index (χ3n) is 4.72. The van der Waals surface area contributed by atoms with Gasteiger partial charge in [-0.05, 0) is 43.0 Å². The molecule has 0 fully saturated rings. The molecule has 6 nitrogen and oxygen atoms in total. The number of nitrogens with zero attached hydrogens (tertiary/aromatic N) is 4. The Hall–Kier alpha value is -2.81. The molecule has 2 heterocycles. The van der Waals surface area contributed by atoms with Crippen molar-refractivity contribution in [3.63, 3.8) is 0 Å². The summed E-state index contributed by atoms with van der Waals surface area (Å²) in [5.74, 6) is 3.01. The molecule has 1 aliphatic rings. The Bertz CT molecular complexity index is 848. The smallest absolute Gasteiger partial charge is 0.174 e. The minimum Gasteiger partial charge on any atom is -0.493 e. The van der Waals surface area contributed by atoms with E-state index in [-0.39, 0.29) is 0 Å². The van der Waals surface area contributed by atoms with Gasteiger partial charge in [-0.3, -0.25) is 0 Å². The third kappa shape index (κ3) is 4.48. The molecule has 1 aliphatic heterocycles. The van der Waals surface area contributed by atoms with Crippen LogP contribution in [0.1, 0.15) is 56.2 Å². The Kier molecular flexibility index (Phi) is 6.48. The molecule has 0 saturated heterocycles. The van der Waals surface area contributed by atoms with E-state index in [1.165, 1.54) is 6.42 Å². The number of aromatic nitrogens is 3. The van der Waals surface area contributed by atoms with Crippen LogP contribution in [0.2, 0.25) is 0 Å². The predicted molar refractivity (Wildman–Crippen MR) is 104 cm³/mol. The molecule has 0 N–H and O–H groups in total. The van der Waals surface area contributed by atoms with Gasteiger partial charge in [0, 0.05) is 13.0 Å². The molecule has 6 heteroatoms. The maximum Gasteiger partial charge on any atom is 0.174 e. The third-order valence-corrected chi connectivity index (χ3v) is 4.72. The normalized spacial score (nSPS) is 14.2. The lowest BCUT2D eigenvalue weighted by atomic mass is 10.1. The number of rotatable bonds is 7. The monoisotopic (exact) mass is 366 g/mol. The number of hydrogen-bond donors (Lipinski definition) is 0. The summed E-state index contributed by atoms with van der Waals surface area (Å²) in [4.78, 5) is 0. The summed E-state index contributed by atoms with van der Waals surface area (Å²) < 4.78 is 13.3. The molecule has 1 aromatic carbocycles. The molecule has 0 spiro atoms. The van der Waals surface area contributed by atoms with Gasteiger partial charge in [0.1, 0.15) is 11.9 Å². The second-order valence-electron chi connectivity index (χ2n) is 6.68. The van der Waals surface area contributed by atoms with E-state index in [2.05, 4.69) is 27.8 Å². The summed E-state index contributed by atoms with van der Waals surface area (Å²) in [6.07, 6.45) is 8.22. The van der Waals surface area contributed by atoms with Crippen LogP contribution in [-0.4, -0.2) is 28.5 Å². The first-order chi connectivity index (χ1) is 13.3. The topological polar surface area (TPSA) is 73.0 Å². The predicted octanol–water partition coefficient (Wildman–Crippen LogP) is 4.26. The van der Waals surface area contributed by atoms with Crippen molar-refractivity contribution in [2.24, 2.45) is 0 Å². The molecule has 1 aromatic heterocycles. The Labute approximate surface area is 160 Å². The van der Waals surface area contributed by atoms with Crippen LogP contribution in [0.25, 0.3) is 11.6 Å². The van der Waals surface area contributed by atoms with Crippen LogP contribution in [-0.2, 0) is 13.0 Å². The van der Waals surface area contributed by atoms with Crippen LogP contribution in [0, 0.1) is 11.3 Å². The van der Waals surface area contributed by atoms with Crippen LogP contribution in [0.3, 0.4) is 0 Å². The summed E-state index contributed by atoms with van der Waals surface area (Å²) in [5.41, 5.74) is 1.39. The Morgan fingerprint density at radius 2 is 2.15 bits per heavy atom. The van der Waals surface area contributed by atoms with Gasteiger partial charge >= 0.3 is 0 Å². The van der Waals surface area contributed by atoms with E-state index >= 15 is 0 Å². The van der Waals surface area contributed by atoms with Crippen molar-refractivity contribution in [3.05, 3.63) is 35.4 Å². The van der Waals surface area contributed by atoms with Crippen LogP contribution in [0.15, 0.2) is 18.2 Å². The first-order valence-corrected chi connectivity index (χ1v) is 9.62. The summed E-state index contributed by atoms with van der Waals surface area (Å²) in [5, 5.41) is 18.3. The molecule has 0 saturated carbocycles. The molecule has 0 atom stereocenters. The molecule has 0 bridgehead atoms. The van der Waals surface area contributed by atoms with Gasteiger partial charge in [0.05, 0.1) is 19.3 Å². The molecule has 3 rings (SSSR count). The molecule has 142 valence electrons. The molecule has 0 unspecified atom stereocenters. The molecule has 2 aromatic rings. The Morgan fingerprint density at radius 1 is 1.26 bits per heavy atom. The average Bonchev–Trinajstić information content (AvgIpc) is 2.94. The van der Waals surface area contributed by atoms with Crippen molar-refractivity contribution in [1.29, 1.82) is 5.26 Å². The van der Waals surface area contributed by atoms with Crippen molar-refractivity contribution in [2.75, 3.05) is 13.7 Å². The molecule has 0 radical (unpaired) electrons. The van der Waals surface area contributed by atoms with Crippen LogP contribution < -0.4 is 9.47 Å². The second kappa shape index (κ2) is 9.22. The fourth-order valence-corrected chi connectivity index (χ4v) is 3.22. The fraction of sp³-hybridized carbons (Fsp3) is 0.476. The minimum absolute atomic E-state index is 0.514. The number of nitriles is 1. The highest BCUT2D eigenvalue weighted by Crippen LogP contribution is 2.30. The van der Waals surface area contributed by atoms with Gasteiger partial charge in [0.25, 0.3) is 0 Å². The van der Waals surface area contributed by atoms with E-state index in [1.54, 1.807) is 7.11 Å². The first kappa shape index (κ1) is 19.0. The van der Waals surface area contributed by atoms with Gasteiger partial charge < -0.3 is 14.0 Å². The van der Waals surface area contributed by atoms with Crippen LogP contribution >= 0.6 is 0 Å². The number of ether oxygens (including phenoxy) is 2. The maximum atomic E-state index is 9.72. The number of aryl methyl sites for hydroxylation is 1. The lowest BCUT2D eigenvalue weighted by molar-refractivity contribution is 0.288. The highest BCUT2D eigenvalue weighted by Gasteiger charge is 2.18. The highest BCUT2D eigenvalue weighted by atomic mass is 16.5. The van der Waals surface area contributed by atoms with Crippen LogP contribution in [0.5, 0.6) is 11.5 Å². The van der Waals surface area contributed by atoms with Gasteiger partial charge in [0.2, 0.25) is 0 Å². The molecular formula is C21H26N4O2. The van der Waals surface area contributed by atoms with Crippen molar-refractivity contribution < 1.29 is 9.47 Å². The lowest BCUT2D eigenvalue weighted by Crippen LogP contribution is -2.05. The second-order valence-corrected chi connectivity index (χ2v) is 6.68. The highest BCUT2D eigenvalue weighted by molar-refractivity contribution is 5.87. The lowest BCUT2D eigenvalue weighted by Gasteiger charge is -2.11. The minimum atomic E-state index is 0.514. The first-order valence-electron chi connectivity index (χ1n) is 9.62.